The Labute approximate surface area is 236 Å². The highest BCUT2D eigenvalue weighted by atomic mass is 19.1. The number of allylic oxidation sites excluding steroid dienone is 1. The van der Waals surface area contributed by atoms with Crippen LogP contribution in [0.2, 0.25) is 0 Å². The monoisotopic (exact) mass is 537 g/mol. The van der Waals surface area contributed by atoms with E-state index in [2.05, 4.69) is 63.4 Å². The lowest BCUT2D eigenvalue weighted by Gasteiger charge is -2.33. The Morgan fingerprint density at radius 3 is 2.35 bits per heavy atom. The molecule has 0 saturated carbocycles. The quantitative estimate of drug-likeness (QED) is 0.244. The topological polar surface area (TPSA) is 39.7 Å². The third-order valence-corrected chi connectivity index (χ3v) is 7.38. The molecular weight excluding hydrogens is 501 g/mol. The molecule has 1 aliphatic rings. The molecule has 0 amide bonds. The summed E-state index contributed by atoms with van der Waals surface area (Å²) in [5, 5.41) is 3.64. The maximum Gasteiger partial charge on any atom is 0.126 e. The van der Waals surface area contributed by atoms with Gasteiger partial charge in [-0.15, -0.1) is 0 Å². The summed E-state index contributed by atoms with van der Waals surface area (Å²) < 4.78 is 32.4. The number of ether oxygens (including phenoxy) is 3. The fourth-order valence-corrected chi connectivity index (χ4v) is 5.40. The van der Waals surface area contributed by atoms with Crippen LogP contribution in [0.15, 0.2) is 78.9 Å². The Kier molecular flexibility index (Phi) is 7.57. The first-order valence-electron chi connectivity index (χ1n) is 13.5. The van der Waals surface area contributed by atoms with Crippen LogP contribution < -0.4 is 19.5 Å². The fraction of sp³-hybridized carbons (Fsp3) is 0.257. The first-order chi connectivity index (χ1) is 19.1. The molecular formula is C35H36FNO3. The predicted molar refractivity (Wildman–Crippen MR) is 161 cm³/mol. The number of hydrogen-bond acceptors (Lipinski definition) is 4. The highest BCUT2D eigenvalue weighted by Gasteiger charge is 2.27. The Hall–Kier alpha value is -4.25. The first kappa shape index (κ1) is 27.3. The van der Waals surface area contributed by atoms with Crippen LogP contribution in [0.5, 0.6) is 17.2 Å². The summed E-state index contributed by atoms with van der Waals surface area (Å²) in [5.74, 6) is 1.68. The molecule has 4 aromatic carbocycles. The highest BCUT2D eigenvalue weighted by Crippen LogP contribution is 2.44. The zero-order chi connectivity index (χ0) is 28.4. The van der Waals surface area contributed by atoms with Crippen LogP contribution in [0.1, 0.15) is 48.6 Å². The van der Waals surface area contributed by atoms with E-state index in [4.69, 9.17) is 14.2 Å². The van der Waals surface area contributed by atoms with Gasteiger partial charge in [0.25, 0.3) is 0 Å². The molecule has 0 unspecified atom stereocenters. The molecule has 5 heteroatoms. The Balaban J connectivity index is 1.59. The van der Waals surface area contributed by atoms with Gasteiger partial charge in [0.1, 0.15) is 36.3 Å². The van der Waals surface area contributed by atoms with Crippen molar-refractivity contribution in [3.63, 3.8) is 0 Å². The maximum absolute atomic E-state index is 14.1. The van der Waals surface area contributed by atoms with E-state index in [0.717, 1.165) is 56.1 Å². The number of anilines is 1. The summed E-state index contributed by atoms with van der Waals surface area (Å²) in [5.41, 5.74) is 9.17. The zero-order valence-electron chi connectivity index (χ0n) is 24.0. The van der Waals surface area contributed by atoms with Crippen LogP contribution in [-0.4, -0.2) is 12.6 Å². The van der Waals surface area contributed by atoms with Gasteiger partial charge in [0.15, 0.2) is 0 Å². The van der Waals surface area contributed by atoms with E-state index in [0.29, 0.717) is 12.4 Å². The van der Waals surface area contributed by atoms with Gasteiger partial charge < -0.3 is 19.5 Å². The van der Waals surface area contributed by atoms with Crippen LogP contribution in [0, 0.1) is 19.7 Å². The lowest BCUT2D eigenvalue weighted by Crippen LogP contribution is -2.32. The third kappa shape index (κ3) is 5.69. The fourth-order valence-electron chi connectivity index (χ4n) is 5.40. The van der Waals surface area contributed by atoms with Crippen LogP contribution in [0.3, 0.4) is 0 Å². The van der Waals surface area contributed by atoms with Crippen LogP contribution in [0.4, 0.5) is 10.1 Å². The molecule has 0 saturated heterocycles. The van der Waals surface area contributed by atoms with E-state index in [-0.39, 0.29) is 18.0 Å². The van der Waals surface area contributed by atoms with E-state index in [1.165, 1.54) is 17.7 Å². The van der Waals surface area contributed by atoms with E-state index >= 15 is 0 Å². The molecule has 4 nitrogen and oxygen atoms in total. The second-order valence-electron chi connectivity index (χ2n) is 11.0. The van der Waals surface area contributed by atoms with Crippen LogP contribution in [-0.2, 0) is 13.2 Å². The maximum atomic E-state index is 14.1. The van der Waals surface area contributed by atoms with Crippen molar-refractivity contribution in [3.05, 3.63) is 113 Å². The van der Waals surface area contributed by atoms with Gasteiger partial charge in [0.2, 0.25) is 0 Å². The minimum absolute atomic E-state index is 0.184. The van der Waals surface area contributed by atoms with Gasteiger partial charge >= 0.3 is 0 Å². The summed E-state index contributed by atoms with van der Waals surface area (Å²) in [6.07, 6.45) is 2.23. The van der Waals surface area contributed by atoms with Crippen molar-refractivity contribution in [2.45, 2.75) is 53.4 Å². The molecule has 0 spiro atoms. The Bertz CT molecular complexity index is 1590. The molecule has 0 aliphatic carbocycles. The van der Waals surface area contributed by atoms with Gasteiger partial charge in [0, 0.05) is 28.4 Å². The SMILES string of the molecule is COc1ccc(OCc2ccccc2C)cc1-c1ccc2c(c1COc1cc(F)ccc1C)C(C)=CC(C)(C)N2. The summed E-state index contributed by atoms with van der Waals surface area (Å²) >= 11 is 0. The average molecular weight is 538 g/mol. The van der Waals surface area contributed by atoms with Gasteiger partial charge in [0.05, 0.1) is 12.6 Å². The number of methoxy groups -OCH3 is 1. The normalized spacial score (nSPS) is 13.6. The molecule has 0 atom stereocenters. The average Bonchev–Trinajstić information content (AvgIpc) is 2.92. The van der Waals surface area contributed by atoms with Crippen LogP contribution in [0.25, 0.3) is 16.7 Å². The van der Waals surface area contributed by atoms with Gasteiger partial charge in [-0.3, -0.25) is 0 Å². The summed E-state index contributed by atoms with van der Waals surface area (Å²) in [6.45, 7) is 11.2. The second-order valence-corrected chi connectivity index (χ2v) is 11.0. The number of aryl methyl sites for hydroxylation is 2. The standard InChI is InChI=1S/C35H36FNO3/c1-22-9-7-8-10-25(22)20-39-27-13-16-32(38-6)29(18-27)28-14-15-31-34(24(3)19-35(4,5)37-31)30(28)21-40-33-17-26(36)12-11-23(33)2/h7-19,37H,20-21H2,1-6H3. The molecule has 1 N–H and O–H groups in total. The van der Waals surface area contributed by atoms with E-state index in [1.54, 1.807) is 13.2 Å². The molecule has 0 radical (unpaired) electrons. The van der Waals surface area contributed by atoms with Crippen molar-refractivity contribution < 1.29 is 18.6 Å². The number of fused-ring (bicyclic) bond motifs is 1. The van der Waals surface area contributed by atoms with Gasteiger partial charge in [-0.25, -0.2) is 4.39 Å². The highest BCUT2D eigenvalue weighted by molar-refractivity contribution is 5.88. The zero-order valence-corrected chi connectivity index (χ0v) is 24.0. The molecule has 0 aromatic heterocycles. The molecule has 206 valence electrons. The number of benzene rings is 4. The van der Waals surface area contributed by atoms with Crippen molar-refractivity contribution in [2.75, 3.05) is 12.4 Å². The number of halogens is 1. The molecule has 4 aromatic rings. The summed E-state index contributed by atoms with van der Waals surface area (Å²) in [6, 6.07) is 22.9. The van der Waals surface area contributed by atoms with Crippen molar-refractivity contribution in [1.82, 2.24) is 0 Å². The third-order valence-electron chi connectivity index (χ3n) is 7.38. The van der Waals surface area contributed by atoms with Crippen LogP contribution >= 0.6 is 0 Å². The molecule has 40 heavy (non-hydrogen) atoms. The number of nitrogens with one attached hydrogen (secondary N) is 1. The van der Waals surface area contributed by atoms with Crippen molar-refractivity contribution in [1.29, 1.82) is 0 Å². The smallest absolute Gasteiger partial charge is 0.126 e. The molecule has 1 heterocycles. The largest absolute Gasteiger partial charge is 0.496 e. The Morgan fingerprint density at radius 2 is 1.57 bits per heavy atom. The molecule has 5 rings (SSSR count). The van der Waals surface area contributed by atoms with E-state index < -0.39 is 0 Å². The lowest BCUT2D eigenvalue weighted by atomic mass is 9.85. The minimum Gasteiger partial charge on any atom is -0.496 e. The van der Waals surface area contributed by atoms with Gasteiger partial charge in [-0.1, -0.05) is 42.5 Å². The van der Waals surface area contributed by atoms with Gasteiger partial charge in [-0.2, -0.15) is 0 Å². The first-order valence-corrected chi connectivity index (χ1v) is 13.5. The number of rotatable bonds is 8. The molecule has 1 aliphatic heterocycles. The summed E-state index contributed by atoms with van der Waals surface area (Å²) in [7, 11) is 1.67. The van der Waals surface area contributed by atoms with Crippen molar-refractivity contribution in [2.24, 2.45) is 0 Å². The Morgan fingerprint density at radius 1 is 0.775 bits per heavy atom. The number of hydrogen-bond donors (Lipinski definition) is 1. The summed E-state index contributed by atoms with van der Waals surface area (Å²) in [4.78, 5) is 0. The predicted octanol–water partition coefficient (Wildman–Crippen LogP) is 8.88. The lowest BCUT2D eigenvalue weighted by molar-refractivity contribution is 0.302. The molecule has 0 fully saturated rings. The van der Waals surface area contributed by atoms with Crippen molar-refractivity contribution >= 4 is 11.3 Å². The van der Waals surface area contributed by atoms with E-state index in [9.17, 15) is 4.39 Å². The van der Waals surface area contributed by atoms with E-state index in [1.807, 2.05) is 37.3 Å². The van der Waals surface area contributed by atoms with Gasteiger partial charge in [-0.05, 0) is 92.8 Å². The minimum atomic E-state index is -0.324. The van der Waals surface area contributed by atoms with Crippen molar-refractivity contribution in [3.8, 4) is 28.4 Å². The second kappa shape index (κ2) is 11.1. The molecule has 0 bridgehead atoms.